The zero-order valence-electron chi connectivity index (χ0n) is 8.26. The molecule has 0 bridgehead atoms. The monoisotopic (exact) mass is 196 g/mol. The molecule has 0 saturated carbocycles. The minimum Gasteiger partial charge on any atom is -0.395 e. The minimum absolute atomic E-state index is 0.0830. The molecule has 2 aliphatic rings. The molecule has 0 aromatic carbocycles. The van der Waals surface area contributed by atoms with Gasteiger partial charge in [-0.1, -0.05) is 5.11 Å². The number of fused-ring (bicyclic) bond motifs is 1. The maximum absolute atomic E-state index is 9.21. The van der Waals surface area contributed by atoms with E-state index in [-0.39, 0.29) is 12.1 Å². The van der Waals surface area contributed by atoms with Crippen LogP contribution in [0.3, 0.4) is 0 Å². The number of nitrogens with zero attached hydrogens (tertiary/aromatic N) is 4. The van der Waals surface area contributed by atoms with Crippen molar-refractivity contribution in [1.82, 2.24) is 4.90 Å². The molecule has 5 nitrogen and oxygen atoms in total. The third-order valence-electron chi connectivity index (χ3n) is 3.67. The van der Waals surface area contributed by atoms with E-state index in [1.807, 2.05) is 0 Å². The van der Waals surface area contributed by atoms with Crippen molar-refractivity contribution in [2.24, 2.45) is 5.11 Å². The third kappa shape index (κ3) is 1.38. The van der Waals surface area contributed by atoms with Crippen LogP contribution in [0, 0.1) is 0 Å². The fraction of sp³-hybridized carbons (Fsp3) is 1.00. The van der Waals surface area contributed by atoms with Crippen molar-refractivity contribution < 1.29 is 5.11 Å². The molecule has 2 unspecified atom stereocenters. The molecule has 0 aromatic rings. The molecule has 5 heteroatoms. The first-order valence-corrected chi connectivity index (χ1v) is 5.21. The highest BCUT2D eigenvalue weighted by Crippen LogP contribution is 2.42. The number of azide groups is 1. The largest absolute Gasteiger partial charge is 0.395 e. The lowest BCUT2D eigenvalue weighted by molar-refractivity contribution is 0.110. The van der Waals surface area contributed by atoms with Crippen molar-refractivity contribution in [3.63, 3.8) is 0 Å². The molecule has 2 saturated heterocycles. The summed E-state index contributed by atoms with van der Waals surface area (Å²) in [6.07, 6.45) is 4.38. The predicted octanol–water partition coefficient (Wildman–Crippen LogP) is 1.29. The van der Waals surface area contributed by atoms with Gasteiger partial charge in [-0.2, -0.15) is 0 Å². The quantitative estimate of drug-likeness (QED) is 0.419. The molecule has 2 atom stereocenters. The summed E-state index contributed by atoms with van der Waals surface area (Å²) >= 11 is 0. The molecular formula is C9H16N4O. The van der Waals surface area contributed by atoms with E-state index in [2.05, 4.69) is 14.9 Å². The van der Waals surface area contributed by atoms with Crippen molar-refractivity contribution in [2.45, 2.75) is 37.3 Å². The molecule has 14 heavy (non-hydrogen) atoms. The van der Waals surface area contributed by atoms with E-state index < -0.39 is 0 Å². The van der Waals surface area contributed by atoms with Crippen molar-refractivity contribution in [1.29, 1.82) is 0 Å². The van der Waals surface area contributed by atoms with Crippen molar-refractivity contribution >= 4 is 0 Å². The molecule has 2 fully saturated rings. The molecule has 2 aliphatic heterocycles. The van der Waals surface area contributed by atoms with Crippen molar-refractivity contribution in [3.8, 4) is 0 Å². The van der Waals surface area contributed by atoms with Crippen LogP contribution >= 0.6 is 0 Å². The van der Waals surface area contributed by atoms with Crippen LogP contribution in [-0.4, -0.2) is 41.3 Å². The molecule has 2 rings (SSSR count). The van der Waals surface area contributed by atoms with Crippen LogP contribution in [0.25, 0.3) is 10.4 Å². The summed E-state index contributed by atoms with van der Waals surface area (Å²) in [6.45, 7) is 1.85. The molecular weight excluding hydrogens is 180 g/mol. The molecule has 78 valence electrons. The van der Waals surface area contributed by atoms with E-state index in [1.165, 1.54) is 0 Å². The predicted molar refractivity (Wildman–Crippen MR) is 52.8 cm³/mol. The number of hydrogen-bond donors (Lipinski definition) is 1. The van der Waals surface area contributed by atoms with Crippen LogP contribution in [0.1, 0.15) is 25.7 Å². The van der Waals surface area contributed by atoms with Crippen LogP contribution in [-0.2, 0) is 0 Å². The molecule has 2 heterocycles. The van der Waals surface area contributed by atoms with Gasteiger partial charge in [0.1, 0.15) is 0 Å². The van der Waals surface area contributed by atoms with Crippen LogP contribution in [0.2, 0.25) is 0 Å². The second-order valence-electron chi connectivity index (χ2n) is 4.29. The average Bonchev–Trinajstić information content (AvgIpc) is 2.72. The van der Waals surface area contributed by atoms with Gasteiger partial charge in [-0.3, -0.25) is 4.90 Å². The van der Waals surface area contributed by atoms with Gasteiger partial charge in [0, 0.05) is 23.0 Å². The number of rotatable bonds is 3. The fourth-order valence-electron chi connectivity index (χ4n) is 2.99. The summed E-state index contributed by atoms with van der Waals surface area (Å²) in [5, 5.41) is 12.9. The Hall–Kier alpha value is -0.770. The van der Waals surface area contributed by atoms with E-state index in [0.29, 0.717) is 12.6 Å². The normalized spacial score (nSPS) is 36.8. The van der Waals surface area contributed by atoms with Gasteiger partial charge in [0.05, 0.1) is 6.61 Å². The zero-order valence-corrected chi connectivity index (χ0v) is 8.26. The smallest absolute Gasteiger partial charge is 0.0587 e. The Bertz CT molecular complexity index is 264. The van der Waals surface area contributed by atoms with Crippen LogP contribution in [0.15, 0.2) is 5.11 Å². The second-order valence-corrected chi connectivity index (χ2v) is 4.29. The highest BCUT2D eigenvalue weighted by molar-refractivity contribution is 5.05. The Morgan fingerprint density at radius 2 is 2.43 bits per heavy atom. The maximum atomic E-state index is 9.21. The highest BCUT2D eigenvalue weighted by atomic mass is 16.3. The summed E-state index contributed by atoms with van der Waals surface area (Å²) in [4.78, 5) is 5.19. The van der Waals surface area contributed by atoms with Crippen LogP contribution in [0.4, 0.5) is 0 Å². The van der Waals surface area contributed by atoms with Crippen molar-refractivity contribution in [3.05, 3.63) is 10.4 Å². The van der Waals surface area contributed by atoms with E-state index in [1.54, 1.807) is 0 Å². The molecule has 0 radical (unpaired) electrons. The minimum atomic E-state index is 0.0830. The maximum Gasteiger partial charge on any atom is 0.0587 e. The van der Waals surface area contributed by atoms with Gasteiger partial charge in [-0.05, 0) is 37.8 Å². The fourth-order valence-corrected chi connectivity index (χ4v) is 2.99. The Labute approximate surface area is 83.3 Å². The number of hydrogen-bond acceptors (Lipinski definition) is 3. The highest BCUT2D eigenvalue weighted by Gasteiger charge is 2.48. The summed E-state index contributed by atoms with van der Waals surface area (Å²) < 4.78 is 0. The Morgan fingerprint density at radius 3 is 3.14 bits per heavy atom. The number of aliphatic hydroxyl groups excluding tert-OH is 1. The van der Waals surface area contributed by atoms with Gasteiger partial charge < -0.3 is 5.11 Å². The van der Waals surface area contributed by atoms with Crippen molar-refractivity contribution in [2.75, 3.05) is 19.7 Å². The second kappa shape index (κ2) is 3.77. The summed E-state index contributed by atoms with van der Waals surface area (Å²) in [5.41, 5.74) is 8.44. The average molecular weight is 196 g/mol. The van der Waals surface area contributed by atoms with Gasteiger partial charge in [0.15, 0.2) is 0 Å². The zero-order chi connectivity index (χ0) is 10.0. The van der Waals surface area contributed by atoms with Crippen LogP contribution in [0.5, 0.6) is 0 Å². The number of aliphatic hydroxyl groups is 1. The standard InChI is InChI=1S/C9H16N4O/c10-12-11-7-9-3-1-5-13(9)8(6-14)2-4-9/h8,14H,1-7H2. The van der Waals surface area contributed by atoms with E-state index in [4.69, 9.17) is 5.53 Å². The first-order chi connectivity index (χ1) is 6.82. The van der Waals surface area contributed by atoms with Gasteiger partial charge in [-0.15, -0.1) is 0 Å². The molecule has 0 aliphatic carbocycles. The van der Waals surface area contributed by atoms with Crippen LogP contribution < -0.4 is 0 Å². The summed E-state index contributed by atoms with van der Waals surface area (Å²) in [5.74, 6) is 0. The lowest BCUT2D eigenvalue weighted by Gasteiger charge is -2.33. The van der Waals surface area contributed by atoms with Gasteiger partial charge in [0.25, 0.3) is 0 Å². The van der Waals surface area contributed by atoms with E-state index in [0.717, 1.165) is 32.2 Å². The van der Waals surface area contributed by atoms with E-state index >= 15 is 0 Å². The third-order valence-corrected chi connectivity index (χ3v) is 3.67. The Kier molecular flexibility index (Phi) is 2.63. The Morgan fingerprint density at radius 1 is 1.57 bits per heavy atom. The topological polar surface area (TPSA) is 72.2 Å². The molecule has 0 spiro atoms. The molecule has 0 amide bonds. The van der Waals surface area contributed by atoms with Gasteiger partial charge in [0.2, 0.25) is 0 Å². The SMILES string of the molecule is [N-]=[N+]=NCC12CCCN1C(CO)CC2. The summed E-state index contributed by atoms with van der Waals surface area (Å²) in [7, 11) is 0. The molecule has 1 N–H and O–H groups in total. The van der Waals surface area contributed by atoms with E-state index in [9.17, 15) is 5.11 Å². The Balaban J connectivity index is 2.13. The van der Waals surface area contributed by atoms with Gasteiger partial charge >= 0.3 is 0 Å². The lowest BCUT2D eigenvalue weighted by Crippen LogP contribution is -2.45. The molecule has 0 aromatic heterocycles. The lowest BCUT2D eigenvalue weighted by atomic mass is 9.94. The first kappa shape index (κ1) is 9.77. The van der Waals surface area contributed by atoms with Gasteiger partial charge in [-0.25, -0.2) is 0 Å². The summed E-state index contributed by atoms with van der Waals surface area (Å²) in [6, 6.07) is 0.298. The first-order valence-electron chi connectivity index (χ1n) is 5.21.